The van der Waals surface area contributed by atoms with Gasteiger partial charge in [0.2, 0.25) is 5.91 Å². The number of rotatable bonds is 3. The van der Waals surface area contributed by atoms with Gasteiger partial charge in [0.25, 0.3) is 0 Å². The van der Waals surface area contributed by atoms with Gasteiger partial charge in [-0.3, -0.25) is 9.78 Å². The van der Waals surface area contributed by atoms with Gasteiger partial charge in [0.05, 0.1) is 12.2 Å². The second-order valence-electron chi connectivity index (χ2n) is 4.89. The largest absolute Gasteiger partial charge is 0.487 e. The van der Waals surface area contributed by atoms with Gasteiger partial charge in [-0.05, 0) is 23.8 Å². The van der Waals surface area contributed by atoms with Crippen LogP contribution in [0.2, 0.25) is 0 Å². The molecule has 1 unspecified atom stereocenters. The van der Waals surface area contributed by atoms with E-state index < -0.39 is 0 Å². The summed E-state index contributed by atoms with van der Waals surface area (Å²) < 4.78 is 5.99. The smallest absolute Gasteiger partial charge is 0.217 e. The minimum absolute atomic E-state index is 0.00115. The van der Waals surface area contributed by atoms with E-state index in [1.807, 2.05) is 30.3 Å². The molecular weight excluding hydrogens is 252 g/mol. The lowest BCUT2D eigenvalue weighted by atomic mass is 10.0. The van der Waals surface area contributed by atoms with Gasteiger partial charge in [0.15, 0.2) is 0 Å². The number of ether oxygens (including phenoxy) is 1. The van der Waals surface area contributed by atoms with Crippen LogP contribution in [-0.2, 0) is 11.2 Å². The van der Waals surface area contributed by atoms with Crippen molar-refractivity contribution in [1.29, 1.82) is 0 Å². The number of hydrogen-bond acceptors (Lipinski definition) is 3. The zero-order valence-electron chi connectivity index (χ0n) is 11.3. The van der Waals surface area contributed by atoms with E-state index in [-0.39, 0.29) is 12.0 Å². The fourth-order valence-corrected chi connectivity index (χ4v) is 2.43. The second kappa shape index (κ2) is 5.33. The predicted octanol–water partition coefficient (Wildman–Crippen LogP) is 2.19. The molecule has 1 atom stereocenters. The van der Waals surface area contributed by atoms with Crippen LogP contribution in [0.15, 0.2) is 42.6 Å². The van der Waals surface area contributed by atoms with E-state index >= 15 is 0 Å². The molecule has 4 nitrogen and oxygen atoms in total. The Morgan fingerprint density at radius 1 is 1.35 bits per heavy atom. The molecule has 0 saturated carbocycles. The SMILES string of the molecule is CC(=O)NCC1Cc2cccc(-c3ccccn3)c2O1. The van der Waals surface area contributed by atoms with Crippen LogP contribution in [0.5, 0.6) is 5.75 Å². The third-order valence-corrected chi connectivity index (χ3v) is 3.35. The van der Waals surface area contributed by atoms with Crippen molar-refractivity contribution in [3.63, 3.8) is 0 Å². The van der Waals surface area contributed by atoms with Gasteiger partial charge < -0.3 is 10.1 Å². The summed E-state index contributed by atoms with van der Waals surface area (Å²) in [7, 11) is 0. The summed E-state index contributed by atoms with van der Waals surface area (Å²) in [5.41, 5.74) is 3.08. The molecule has 1 N–H and O–H groups in total. The van der Waals surface area contributed by atoms with Crippen LogP contribution in [0.25, 0.3) is 11.3 Å². The van der Waals surface area contributed by atoms with Crippen molar-refractivity contribution in [3.8, 4) is 17.0 Å². The lowest BCUT2D eigenvalue weighted by Crippen LogP contribution is -2.32. The molecule has 20 heavy (non-hydrogen) atoms. The number of para-hydroxylation sites is 1. The normalized spacial score (nSPS) is 16.4. The summed E-state index contributed by atoms with van der Waals surface area (Å²) in [6, 6.07) is 11.9. The molecule has 1 amide bonds. The average Bonchev–Trinajstić information content (AvgIpc) is 2.89. The van der Waals surface area contributed by atoms with Crippen LogP contribution >= 0.6 is 0 Å². The van der Waals surface area contributed by atoms with Crippen molar-refractivity contribution >= 4 is 5.91 Å². The fourth-order valence-electron chi connectivity index (χ4n) is 2.43. The van der Waals surface area contributed by atoms with Gasteiger partial charge in [-0.2, -0.15) is 0 Å². The monoisotopic (exact) mass is 268 g/mol. The molecule has 3 rings (SSSR count). The maximum Gasteiger partial charge on any atom is 0.217 e. The van der Waals surface area contributed by atoms with E-state index in [9.17, 15) is 4.79 Å². The fraction of sp³-hybridized carbons (Fsp3) is 0.250. The predicted molar refractivity (Wildman–Crippen MR) is 76.5 cm³/mol. The first-order valence-electron chi connectivity index (χ1n) is 6.68. The number of hydrogen-bond donors (Lipinski definition) is 1. The number of pyridine rings is 1. The van der Waals surface area contributed by atoms with Crippen molar-refractivity contribution in [3.05, 3.63) is 48.2 Å². The maximum atomic E-state index is 11.0. The Hall–Kier alpha value is -2.36. The molecule has 1 aliphatic heterocycles. The Morgan fingerprint density at radius 3 is 3.00 bits per heavy atom. The quantitative estimate of drug-likeness (QED) is 0.928. The van der Waals surface area contributed by atoms with Crippen molar-refractivity contribution in [1.82, 2.24) is 10.3 Å². The summed E-state index contributed by atoms with van der Waals surface area (Å²) in [5, 5.41) is 2.80. The molecule has 4 heteroatoms. The van der Waals surface area contributed by atoms with Crippen molar-refractivity contribution in [2.24, 2.45) is 0 Å². The van der Waals surface area contributed by atoms with Gasteiger partial charge in [-0.15, -0.1) is 0 Å². The summed E-state index contributed by atoms with van der Waals surface area (Å²) >= 11 is 0. The third kappa shape index (κ3) is 2.50. The molecule has 0 bridgehead atoms. The Bertz CT molecular complexity index is 626. The highest BCUT2D eigenvalue weighted by Crippen LogP contribution is 2.37. The van der Waals surface area contributed by atoms with Gasteiger partial charge in [-0.1, -0.05) is 18.2 Å². The molecule has 102 valence electrons. The highest BCUT2D eigenvalue weighted by atomic mass is 16.5. The molecule has 0 spiro atoms. The van der Waals surface area contributed by atoms with E-state index in [1.165, 1.54) is 12.5 Å². The Labute approximate surface area is 117 Å². The number of carbonyl (C=O) groups excluding carboxylic acids is 1. The van der Waals surface area contributed by atoms with Crippen LogP contribution in [0, 0.1) is 0 Å². The minimum Gasteiger partial charge on any atom is -0.487 e. The van der Waals surface area contributed by atoms with Crippen LogP contribution in [-0.4, -0.2) is 23.5 Å². The van der Waals surface area contributed by atoms with E-state index in [4.69, 9.17) is 4.74 Å². The first-order valence-corrected chi connectivity index (χ1v) is 6.68. The van der Waals surface area contributed by atoms with Gasteiger partial charge in [0, 0.05) is 25.1 Å². The van der Waals surface area contributed by atoms with Crippen LogP contribution in [0.4, 0.5) is 0 Å². The highest BCUT2D eigenvalue weighted by Gasteiger charge is 2.25. The molecule has 1 aliphatic rings. The number of amides is 1. The van der Waals surface area contributed by atoms with Crippen LogP contribution < -0.4 is 10.1 Å². The van der Waals surface area contributed by atoms with E-state index in [0.29, 0.717) is 6.54 Å². The zero-order chi connectivity index (χ0) is 13.9. The third-order valence-electron chi connectivity index (χ3n) is 3.35. The van der Waals surface area contributed by atoms with Crippen molar-refractivity contribution in [2.75, 3.05) is 6.54 Å². The number of fused-ring (bicyclic) bond motifs is 1. The highest BCUT2D eigenvalue weighted by molar-refractivity contribution is 5.73. The van der Waals surface area contributed by atoms with Crippen LogP contribution in [0.3, 0.4) is 0 Å². The van der Waals surface area contributed by atoms with Crippen molar-refractivity contribution in [2.45, 2.75) is 19.4 Å². The topological polar surface area (TPSA) is 51.2 Å². The van der Waals surface area contributed by atoms with Crippen LogP contribution in [0.1, 0.15) is 12.5 Å². The van der Waals surface area contributed by atoms with Crippen molar-refractivity contribution < 1.29 is 9.53 Å². The molecule has 2 heterocycles. The molecule has 0 radical (unpaired) electrons. The minimum atomic E-state index is -0.0329. The number of nitrogens with zero attached hydrogens (tertiary/aromatic N) is 1. The molecule has 0 saturated heterocycles. The Morgan fingerprint density at radius 2 is 2.25 bits per heavy atom. The molecular formula is C16H16N2O2. The van der Waals surface area contributed by atoms with Gasteiger partial charge in [-0.25, -0.2) is 0 Å². The average molecular weight is 268 g/mol. The second-order valence-corrected chi connectivity index (χ2v) is 4.89. The Balaban J connectivity index is 1.85. The first kappa shape index (κ1) is 12.7. The van der Waals surface area contributed by atoms with E-state index in [1.54, 1.807) is 6.20 Å². The summed E-state index contributed by atoms with van der Waals surface area (Å²) in [6.45, 7) is 2.05. The Kier molecular flexibility index (Phi) is 3.37. The molecule has 0 aliphatic carbocycles. The van der Waals surface area contributed by atoms with Gasteiger partial charge >= 0.3 is 0 Å². The van der Waals surface area contributed by atoms with Gasteiger partial charge in [0.1, 0.15) is 11.9 Å². The zero-order valence-corrected chi connectivity index (χ0v) is 11.3. The standard InChI is InChI=1S/C16H16N2O2/c1-11(19)18-10-13-9-12-5-4-6-14(16(12)20-13)15-7-2-3-8-17-15/h2-8,13H,9-10H2,1H3,(H,18,19). The molecule has 1 aromatic heterocycles. The molecule has 1 aromatic carbocycles. The summed E-state index contributed by atoms with van der Waals surface area (Å²) in [6.07, 6.45) is 2.59. The van der Waals surface area contributed by atoms with E-state index in [0.717, 1.165) is 23.4 Å². The number of benzene rings is 1. The molecule has 0 fully saturated rings. The first-order chi connectivity index (χ1) is 9.74. The number of nitrogens with one attached hydrogen (secondary N) is 1. The maximum absolute atomic E-state index is 11.0. The molecule has 2 aromatic rings. The number of carbonyl (C=O) groups is 1. The summed E-state index contributed by atoms with van der Waals surface area (Å²) in [4.78, 5) is 15.4. The summed E-state index contributed by atoms with van der Waals surface area (Å²) in [5.74, 6) is 0.857. The lowest BCUT2D eigenvalue weighted by molar-refractivity contribution is -0.119. The van der Waals surface area contributed by atoms with E-state index in [2.05, 4.69) is 16.4 Å². The number of aromatic nitrogens is 1. The lowest BCUT2D eigenvalue weighted by Gasteiger charge is -2.12.